The predicted molar refractivity (Wildman–Crippen MR) is 61.9 cm³/mol. The van der Waals surface area contributed by atoms with Crippen LogP contribution >= 0.6 is 11.8 Å². The number of hydrogen-bond acceptors (Lipinski definition) is 3. The Kier molecular flexibility index (Phi) is 9.16. The van der Waals surface area contributed by atoms with E-state index in [4.69, 9.17) is 0 Å². The zero-order valence-electron chi connectivity index (χ0n) is 9.77. The summed E-state index contributed by atoms with van der Waals surface area (Å²) in [7, 11) is 0. The van der Waals surface area contributed by atoms with Crippen LogP contribution in [0.2, 0.25) is 0 Å². The van der Waals surface area contributed by atoms with Gasteiger partial charge >= 0.3 is 6.18 Å². The molecule has 0 radical (unpaired) electrons. The Morgan fingerprint density at radius 1 is 1.38 bits per heavy atom. The topological polar surface area (TPSA) is 21.3 Å². The van der Waals surface area contributed by atoms with Gasteiger partial charge in [-0.2, -0.15) is 24.9 Å². The van der Waals surface area contributed by atoms with E-state index in [0.717, 1.165) is 12.3 Å². The number of thioether (sulfide) groups is 1. The van der Waals surface area contributed by atoms with Crippen molar-refractivity contribution in [2.75, 3.05) is 38.3 Å². The minimum absolute atomic E-state index is 0.156. The smallest absolute Gasteiger partial charge is 0.372 e. The largest absolute Gasteiger partial charge is 0.411 e. The summed E-state index contributed by atoms with van der Waals surface area (Å²) in [6, 6.07) is 0. The molecule has 98 valence electrons. The van der Waals surface area contributed by atoms with E-state index in [9.17, 15) is 13.2 Å². The van der Waals surface area contributed by atoms with Crippen LogP contribution in [0.15, 0.2) is 0 Å². The lowest BCUT2D eigenvalue weighted by molar-refractivity contribution is -0.173. The van der Waals surface area contributed by atoms with E-state index in [0.29, 0.717) is 18.9 Å². The summed E-state index contributed by atoms with van der Waals surface area (Å²) in [5.41, 5.74) is 0. The average molecular weight is 259 g/mol. The molecular formula is C10H20F3NOS. The quantitative estimate of drug-likeness (QED) is 0.643. The molecule has 0 saturated heterocycles. The first-order valence-electron chi connectivity index (χ1n) is 5.30. The standard InChI is InChI=1S/C10H20F3NOS/c1-9(7-16-2)6-14-4-3-5-15-8-10(11,12)13/h9,14H,3-8H2,1-2H3. The summed E-state index contributed by atoms with van der Waals surface area (Å²) in [6.45, 7) is 2.76. The third-order valence-corrected chi connectivity index (χ3v) is 2.75. The molecule has 1 atom stereocenters. The molecule has 0 amide bonds. The highest BCUT2D eigenvalue weighted by Gasteiger charge is 2.27. The molecule has 0 aromatic carbocycles. The normalized spacial score (nSPS) is 14.1. The molecule has 0 aliphatic rings. The number of ether oxygens (including phenoxy) is 1. The molecule has 0 spiro atoms. The summed E-state index contributed by atoms with van der Waals surface area (Å²) in [5, 5.41) is 3.19. The third-order valence-electron chi connectivity index (χ3n) is 1.85. The molecule has 2 nitrogen and oxygen atoms in total. The zero-order chi connectivity index (χ0) is 12.4. The molecule has 0 heterocycles. The summed E-state index contributed by atoms with van der Waals surface area (Å²) in [6.07, 6.45) is -1.54. The van der Waals surface area contributed by atoms with Crippen molar-refractivity contribution < 1.29 is 17.9 Å². The first kappa shape index (κ1) is 16.1. The number of alkyl halides is 3. The molecule has 1 unspecified atom stereocenters. The van der Waals surface area contributed by atoms with Gasteiger partial charge in [0.05, 0.1) is 0 Å². The predicted octanol–water partition coefficient (Wildman–Crippen LogP) is 2.54. The molecule has 0 saturated carbocycles. The van der Waals surface area contributed by atoms with E-state index in [1.54, 1.807) is 11.8 Å². The maximum absolute atomic E-state index is 11.7. The van der Waals surface area contributed by atoms with Gasteiger partial charge in [-0.25, -0.2) is 0 Å². The van der Waals surface area contributed by atoms with Gasteiger partial charge in [0.25, 0.3) is 0 Å². The minimum Gasteiger partial charge on any atom is -0.372 e. The van der Waals surface area contributed by atoms with Crippen LogP contribution in [0.3, 0.4) is 0 Å². The fourth-order valence-corrected chi connectivity index (χ4v) is 1.87. The Hall–Kier alpha value is 0.0600. The Balaban J connectivity index is 3.16. The molecule has 0 rings (SSSR count). The van der Waals surface area contributed by atoms with Gasteiger partial charge in [-0.3, -0.25) is 0 Å². The van der Waals surface area contributed by atoms with E-state index in [1.165, 1.54) is 0 Å². The van der Waals surface area contributed by atoms with Crippen molar-refractivity contribution in [3.8, 4) is 0 Å². The van der Waals surface area contributed by atoms with E-state index >= 15 is 0 Å². The van der Waals surface area contributed by atoms with Crippen LogP contribution in [0.1, 0.15) is 13.3 Å². The maximum Gasteiger partial charge on any atom is 0.411 e. The van der Waals surface area contributed by atoms with Crippen LogP contribution in [0.4, 0.5) is 13.2 Å². The number of halogens is 3. The van der Waals surface area contributed by atoms with Crippen LogP contribution in [0.5, 0.6) is 0 Å². The van der Waals surface area contributed by atoms with Crippen LogP contribution in [-0.2, 0) is 4.74 Å². The molecule has 16 heavy (non-hydrogen) atoms. The lowest BCUT2D eigenvalue weighted by Gasteiger charge is -2.11. The Morgan fingerprint density at radius 2 is 2.06 bits per heavy atom. The number of hydrogen-bond donors (Lipinski definition) is 1. The highest BCUT2D eigenvalue weighted by Crippen LogP contribution is 2.14. The minimum atomic E-state index is -4.21. The number of nitrogens with one attached hydrogen (secondary N) is 1. The van der Waals surface area contributed by atoms with Crippen molar-refractivity contribution in [3.05, 3.63) is 0 Å². The lowest BCUT2D eigenvalue weighted by Crippen LogP contribution is -2.25. The van der Waals surface area contributed by atoms with Crippen LogP contribution in [0, 0.1) is 5.92 Å². The van der Waals surface area contributed by atoms with Crippen molar-refractivity contribution in [2.24, 2.45) is 5.92 Å². The average Bonchev–Trinajstić information content (AvgIpc) is 2.15. The Bertz CT molecular complexity index is 167. The fraction of sp³-hybridized carbons (Fsp3) is 1.00. The van der Waals surface area contributed by atoms with Gasteiger partial charge in [0.15, 0.2) is 0 Å². The van der Waals surface area contributed by atoms with Gasteiger partial charge in [-0.1, -0.05) is 6.92 Å². The van der Waals surface area contributed by atoms with Crippen molar-refractivity contribution in [2.45, 2.75) is 19.5 Å². The molecule has 0 aromatic heterocycles. The maximum atomic E-state index is 11.7. The van der Waals surface area contributed by atoms with E-state index in [-0.39, 0.29) is 6.61 Å². The summed E-state index contributed by atoms with van der Waals surface area (Å²) in [5.74, 6) is 1.68. The monoisotopic (exact) mass is 259 g/mol. The molecule has 0 aromatic rings. The van der Waals surface area contributed by atoms with Crippen molar-refractivity contribution >= 4 is 11.8 Å². The first-order valence-corrected chi connectivity index (χ1v) is 6.69. The third kappa shape index (κ3) is 12.1. The highest BCUT2D eigenvalue weighted by molar-refractivity contribution is 7.98. The van der Waals surface area contributed by atoms with Gasteiger partial charge in [-0.15, -0.1) is 0 Å². The van der Waals surface area contributed by atoms with Crippen LogP contribution in [-0.4, -0.2) is 44.5 Å². The summed E-state index contributed by atoms with van der Waals surface area (Å²) >= 11 is 1.79. The van der Waals surface area contributed by atoms with Crippen molar-refractivity contribution in [3.63, 3.8) is 0 Å². The van der Waals surface area contributed by atoms with Crippen molar-refractivity contribution in [1.29, 1.82) is 0 Å². The number of rotatable bonds is 9. The molecular weight excluding hydrogens is 239 g/mol. The van der Waals surface area contributed by atoms with Crippen LogP contribution in [0.25, 0.3) is 0 Å². The van der Waals surface area contributed by atoms with Gasteiger partial charge < -0.3 is 10.1 Å². The zero-order valence-corrected chi connectivity index (χ0v) is 10.6. The molecule has 0 aliphatic carbocycles. The van der Waals surface area contributed by atoms with Gasteiger partial charge in [-0.05, 0) is 37.4 Å². The van der Waals surface area contributed by atoms with Gasteiger partial charge in [0.1, 0.15) is 6.61 Å². The Morgan fingerprint density at radius 3 is 2.62 bits per heavy atom. The highest BCUT2D eigenvalue weighted by atomic mass is 32.2. The lowest BCUT2D eigenvalue weighted by atomic mass is 10.2. The second-order valence-electron chi connectivity index (χ2n) is 3.79. The van der Waals surface area contributed by atoms with Crippen LogP contribution < -0.4 is 5.32 Å². The Labute approximate surface area is 99.3 Å². The molecule has 0 fully saturated rings. The van der Waals surface area contributed by atoms with Gasteiger partial charge in [0, 0.05) is 6.61 Å². The molecule has 1 N–H and O–H groups in total. The fourth-order valence-electron chi connectivity index (χ4n) is 1.18. The van der Waals surface area contributed by atoms with E-state index in [1.807, 2.05) is 0 Å². The SMILES string of the molecule is CSCC(C)CNCCCOCC(F)(F)F. The van der Waals surface area contributed by atoms with Gasteiger partial charge in [0.2, 0.25) is 0 Å². The first-order chi connectivity index (χ1) is 7.45. The summed E-state index contributed by atoms with van der Waals surface area (Å²) in [4.78, 5) is 0. The van der Waals surface area contributed by atoms with E-state index in [2.05, 4.69) is 23.2 Å². The molecule has 0 bridgehead atoms. The second kappa shape index (κ2) is 9.13. The summed E-state index contributed by atoms with van der Waals surface area (Å²) < 4.78 is 39.5. The second-order valence-corrected chi connectivity index (χ2v) is 4.70. The van der Waals surface area contributed by atoms with Crippen molar-refractivity contribution in [1.82, 2.24) is 5.32 Å². The molecule has 6 heteroatoms. The van der Waals surface area contributed by atoms with E-state index < -0.39 is 12.8 Å². The molecule has 0 aliphatic heterocycles.